The van der Waals surface area contributed by atoms with Gasteiger partial charge in [-0.2, -0.15) is 0 Å². The summed E-state index contributed by atoms with van der Waals surface area (Å²) in [5, 5.41) is 3.50. The second-order valence-electron chi connectivity index (χ2n) is 3.89. The fourth-order valence-corrected chi connectivity index (χ4v) is 1.72. The fourth-order valence-electron chi connectivity index (χ4n) is 1.72. The number of hydrogen-bond donors (Lipinski definition) is 0. The monoisotopic (exact) mass is 203 g/mol. The molecule has 0 spiro atoms. The molecule has 5 heteroatoms. The summed E-state index contributed by atoms with van der Waals surface area (Å²) in [7, 11) is 0. The first-order valence-electron chi connectivity index (χ1n) is 5.01. The first kappa shape index (κ1) is 9.80. The summed E-state index contributed by atoms with van der Waals surface area (Å²) < 4.78 is 0. The quantitative estimate of drug-likeness (QED) is 0.430. The van der Waals surface area contributed by atoms with E-state index in [1.165, 1.54) is 0 Å². The smallest absolute Gasteiger partial charge is 0.128 e. The van der Waals surface area contributed by atoms with Gasteiger partial charge in [0.15, 0.2) is 0 Å². The Morgan fingerprint density at radius 2 is 2.40 bits per heavy atom. The van der Waals surface area contributed by atoms with Crippen LogP contribution < -0.4 is 4.90 Å². The van der Waals surface area contributed by atoms with Gasteiger partial charge in [-0.1, -0.05) is 18.1 Å². The molecular formula is C10H13N5. The Kier molecular flexibility index (Phi) is 2.74. The Bertz CT molecular complexity index is 391. The lowest BCUT2D eigenvalue weighted by Crippen LogP contribution is -2.45. The number of hydrogen-bond acceptors (Lipinski definition) is 3. The summed E-state index contributed by atoms with van der Waals surface area (Å²) in [6.07, 6.45) is 0. The maximum atomic E-state index is 8.22. The second kappa shape index (κ2) is 4.19. The zero-order valence-electron chi connectivity index (χ0n) is 8.67. The van der Waals surface area contributed by atoms with Gasteiger partial charge in [-0.05, 0) is 23.6 Å². The van der Waals surface area contributed by atoms with Crippen LogP contribution in [0.3, 0.4) is 0 Å². The van der Waals surface area contributed by atoms with Gasteiger partial charge in [0.2, 0.25) is 0 Å². The minimum atomic E-state index is 0.327. The molecule has 5 nitrogen and oxygen atoms in total. The van der Waals surface area contributed by atoms with Crippen LogP contribution in [0.1, 0.15) is 12.6 Å². The van der Waals surface area contributed by atoms with E-state index in [9.17, 15) is 0 Å². The SMILES string of the molecule is CC1CN(c2cccc(CN=[N+]=[N-])n2)C1. The van der Waals surface area contributed by atoms with Gasteiger partial charge in [-0.15, -0.1) is 0 Å². The Labute approximate surface area is 88.4 Å². The van der Waals surface area contributed by atoms with E-state index in [0.717, 1.165) is 30.5 Å². The Balaban J connectivity index is 2.08. The molecule has 0 aliphatic carbocycles. The lowest BCUT2D eigenvalue weighted by molar-refractivity contribution is 0.443. The molecule has 0 N–H and O–H groups in total. The highest BCUT2D eigenvalue weighted by molar-refractivity contribution is 5.42. The van der Waals surface area contributed by atoms with Gasteiger partial charge >= 0.3 is 0 Å². The molecule has 1 aromatic heterocycles. The van der Waals surface area contributed by atoms with Crippen molar-refractivity contribution in [1.82, 2.24) is 4.98 Å². The van der Waals surface area contributed by atoms with E-state index in [0.29, 0.717) is 6.54 Å². The summed E-state index contributed by atoms with van der Waals surface area (Å²) in [5.74, 6) is 1.74. The van der Waals surface area contributed by atoms with Crippen LogP contribution in [0.2, 0.25) is 0 Å². The molecule has 0 radical (unpaired) electrons. The van der Waals surface area contributed by atoms with E-state index < -0.39 is 0 Å². The van der Waals surface area contributed by atoms with Gasteiger partial charge in [-0.25, -0.2) is 4.98 Å². The standard InChI is InChI=1S/C10H13N5/c1-8-6-15(7-8)10-4-2-3-9(13-10)5-12-14-11/h2-4,8H,5-7H2,1H3. The van der Waals surface area contributed by atoms with E-state index in [1.54, 1.807) is 0 Å². The highest BCUT2D eigenvalue weighted by atomic mass is 15.2. The Morgan fingerprint density at radius 3 is 3.07 bits per heavy atom. The topological polar surface area (TPSA) is 64.9 Å². The normalized spacial score (nSPS) is 15.7. The van der Waals surface area contributed by atoms with Gasteiger partial charge in [0, 0.05) is 23.7 Å². The molecule has 1 saturated heterocycles. The van der Waals surface area contributed by atoms with Crippen molar-refractivity contribution in [2.45, 2.75) is 13.5 Å². The van der Waals surface area contributed by atoms with Gasteiger partial charge in [0.25, 0.3) is 0 Å². The number of azide groups is 1. The maximum absolute atomic E-state index is 8.22. The van der Waals surface area contributed by atoms with Crippen molar-refractivity contribution in [3.8, 4) is 0 Å². The number of anilines is 1. The third-order valence-electron chi connectivity index (χ3n) is 2.48. The van der Waals surface area contributed by atoms with Crippen LogP contribution >= 0.6 is 0 Å². The first-order chi connectivity index (χ1) is 7.29. The fraction of sp³-hybridized carbons (Fsp3) is 0.500. The van der Waals surface area contributed by atoms with Crippen LogP contribution in [0, 0.1) is 5.92 Å². The minimum Gasteiger partial charge on any atom is -0.356 e. The van der Waals surface area contributed by atoms with Gasteiger partial charge in [-0.3, -0.25) is 0 Å². The summed E-state index contributed by atoms with van der Waals surface area (Å²) in [6, 6.07) is 5.82. The summed E-state index contributed by atoms with van der Waals surface area (Å²) >= 11 is 0. The maximum Gasteiger partial charge on any atom is 0.128 e. The molecule has 2 rings (SSSR count). The lowest BCUT2D eigenvalue weighted by atomic mass is 10.0. The molecular weight excluding hydrogens is 190 g/mol. The molecule has 1 aliphatic heterocycles. The molecule has 15 heavy (non-hydrogen) atoms. The molecule has 0 aromatic carbocycles. The third kappa shape index (κ3) is 2.19. The zero-order chi connectivity index (χ0) is 10.7. The molecule has 1 fully saturated rings. The molecule has 1 aromatic rings. The van der Waals surface area contributed by atoms with Crippen molar-refractivity contribution < 1.29 is 0 Å². The molecule has 2 heterocycles. The van der Waals surface area contributed by atoms with E-state index in [-0.39, 0.29) is 0 Å². The molecule has 0 amide bonds. The van der Waals surface area contributed by atoms with E-state index in [4.69, 9.17) is 5.53 Å². The van der Waals surface area contributed by atoms with Gasteiger partial charge in [0.05, 0.1) is 6.54 Å². The number of pyridine rings is 1. The number of nitrogens with zero attached hydrogens (tertiary/aromatic N) is 5. The summed E-state index contributed by atoms with van der Waals surface area (Å²) in [6.45, 7) is 4.68. The van der Waals surface area contributed by atoms with Crippen molar-refractivity contribution in [3.05, 3.63) is 34.3 Å². The molecule has 78 valence electrons. The van der Waals surface area contributed by atoms with Crippen LogP contribution in [-0.2, 0) is 6.54 Å². The zero-order valence-corrected chi connectivity index (χ0v) is 8.67. The molecule has 0 unspecified atom stereocenters. The van der Waals surface area contributed by atoms with Gasteiger partial charge in [0.1, 0.15) is 5.82 Å². The van der Waals surface area contributed by atoms with Crippen molar-refractivity contribution in [3.63, 3.8) is 0 Å². The molecule has 0 saturated carbocycles. The van der Waals surface area contributed by atoms with Crippen molar-refractivity contribution >= 4 is 5.82 Å². The van der Waals surface area contributed by atoms with Crippen LogP contribution in [-0.4, -0.2) is 18.1 Å². The molecule has 0 bridgehead atoms. The highest BCUT2D eigenvalue weighted by Crippen LogP contribution is 2.22. The Hall–Kier alpha value is -1.74. The first-order valence-corrected chi connectivity index (χ1v) is 5.01. The lowest BCUT2D eigenvalue weighted by Gasteiger charge is -2.38. The number of rotatable bonds is 3. The predicted octanol–water partition coefficient (Wildman–Crippen LogP) is 2.35. The van der Waals surface area contributed by atoms with Crippen molar-refractivity contribution in [2.24, 2.45) is 11.0 Å². The summed E-state index contributed by atoms with van der Waals surface area (Å²) in [4.78, 5) is 9.38. The van der Waals surface area contributed by atoms with Crippen LogP contribution in [0.5, 0.6) is 0 Å². The highest BCUT2D eigenvalue weighted by Gasteiger charge is 2.23. The minimum absolute atomic E-state index is 0.327. The number of aromatic nitrogens is 1. The summed E-state index contributed by atoms with van der Waals surface area (Å²) in [5.41, 5.74) is 9.04. The average Bonchev–Trinajstić information content (AvgIpc) is 2.22. The van der Waals surface area contributed by atoms with E-state index in [1.807, 2.05) is 18.2 Å². The van der Waals surface area contributed by atoms with Crippen molar-refractivity contribution in [1.29, 1.82) is 0 Å². The predicted molar refractivity (Wildman–Crippen MR) is 58.5 cm³/mol. The largest absolute Gasteiger partial charge is 0.356 e. The second-order valence-corrected chi connectivity index (χ2v) is 3.89. The van der Waals surface area contributed by atoms with Gasteiger partial charge < -0.3 is 4.90 Å². The average molecular weight is 203 g/mol. The van der Waals surface area contributed by atoms with E-state index >= 15 is 0 Å². The Morgan fingerprint density at radius 1 is 1.60 bits per heavy atom. The van der Waals surface area contributed by atoms with Crippen LogP contribution in [0.4, 0.5) is 5.82 Å². The third-order valence-corrected chi connectivity index (χ3v) is 2.48. The van der Waals surface area contributed by atoms with Crippen LogP contribution in [0.25, 0.3) is 10.4 Å². The van der Waals surface area contributed by atoms with Crippen molar-refractivity contribution in [2.75, 3.05) is 18.0 Å². The molecule has 1 aliphatic rings. The van der Waals surface area contributed by atoms with Crippen LogP contribution in [0.15, 0.2) is 23.3 Å². The van der Waals surface area contributed by atoms with E-state index in [2.05, 4.69) is 26.8 Å². The molecule has 0 atom stereocenters.